The molecule has 1 aliphatic rings. The van der Waals surface area contributed by atoms with Crippen molar-refractivity contribution in [3.63, 3.8) is 0 Å². The normalized spacial score (nSPS) is 20.2. The van der Waals surface area contributed by atoms with Crippen LogP contribution < -0.4 is 0 Å². The zero-order valence-electron chi connectivity index (χ0n) is 13.9. The van der Waals surface area contributed by atoms with E-state index in [0.717, 1.165) is 4.68 Å². The molecule has 0 amide bonds. The van der Waals surface area contributed by atoms with Crippen LogP contribution in [0.25, 0.3) is 11.0 Å². The Morgan fingerprint density at radius 2 is 1.85 bits per heavy atom. The highest BCUT2D eigenvalue weighted by Crippen LogP contribution is 2.30. The van der Waals surface area contributed by atoms with Crippen molar-refractivity contribution in [2.24, 2.45) is 11.8 Å². The Morgan fingerprint density at radius 1 is 1.19 bits per heavy atom. The fourth-order valence-corrected chi connectivity index (χ4v) is 2.87. The minimum Gasteiger partial charge on any atom is -0.459 e. The first kappa shape index (κ1) is 19.0. The highest BCUT2D eigenvalue weighted by atomic mass is 19.3. The number of nitrogens with zero attached hydrogens (tertiary/aromatic N) is 3. The van der Waals surface area contributed by atoms with Gasteiger partial charge in [0.05, 0.1) is 17.4 Å². The van der Waals surface area contributed by atoms with Crippen LogP contribution in [0.5, 0.6) is 0 Å². The SMILES string of the molecule is O=C(OCC(F)(F)C(F)F)C1CC=CCC1C(=O)n1nnc2ccccc21. The minimum absolute atomic E-state index is 0.0715. The van der Waals surface area contributed by atoms with Crippen LogP contribution in [-0.4, -0.2) is 45.8 Å². The van der Waals surface area contributed by atoms with Crippen LogP contribution in [0.3, 0.4) is 0 Å². The number of benzene rings is 1. The van der Waals surface area contributed by atoms with Gasteiger partial charge in [0.15, 0.2) is 6.61 Å². The number of halogens is 4. The summed E-state index contributed by atoms with van der Waals surface area (Å²) in [5.74, 6) is -8.10. The zero-order chi connectivity index (χ0) is 19.6. The average molecular weight is 385 g/mol. The molecule has 10 heteroatoms. The Balaban J connectivity index is 1.78. The number of aromatic nitrogens is 3. The third-order valence-corrected chi connectivity index (χ3v) is 4.34. The van der Waals surface area contributed by atoms with Gasteiger partial charge in [0.25, 0.3) is 5.91 Å². The van der Waals surface area contributed by atoms with Crippen LogP contribution in [-0.2, 0) is 9.53 Å². The van der Waals surface area contributed by atoms with Crippen molar-refractivity contribution in [3.8, 4) is 0 Å². The van der Waals surface area contributed by atoms with Gasteiger partial charge < -0.3 is 4.74 Å². The molecule has 0 saturated heterocycles. The second-order valence-corrected chi connectivity index (χ2v) is 6.15. The van der Waals surface area contributed by atoms with E-state index in [-0.39, 0.29) is 12.8 Å². The van der Waals surface area contributed by atoms with Crippen molar-refractivity contribution in [2.75, 3.05) is 6.61 Å². The molecule has 2 unspecified atom stereocenters. The summed E-state index contributed by atoms with van der Waals surface area (Å²) >= 11 is 0. The second kappa shape index (κ2) is 7.45. The van der Waals surface area contributed by atoms with E-state index < -0.39 is 42.7 Å². The number of allylic oxidation sites excluding steroid dienone is 2. The number of hydrogen-bond donors (Lipinski definition) is 0. The number of ether oxygens (including phenoxy) is 1. The highest BCUT2D eigenvalue weighted by molar-refractivity contribution is 5.93. The summed E-state index contributed by atoms with van der Waals surface area (Å²) in [5, 5.41) is 7.66. The summed E-state index contributed by atoms with van der Waals surface area (Å²) in [5.41, 5.74) is 0.918. The van der Waals surface area contributed by atoms with Crippen molar-refractivity contribution in [2.45, 2.75) is 25.2 Å². The summed E-state index contributed by atoms with van der Waals surface area (Å²) < 4.78 is 55.9. The van der Waals surface area contributed by atoms with Gasteiger partial charge in [-0.25, -0.2) is 8.78 Å². The number of carbonyl (C=O) groups is 2. The molecule has 6 nitrogen and oxygen atoms in total. The molecule has 2 atom stereocenters. The number of fused-ring (bicyclic) bond motifs is 1. The number of hydrogen-bond acceptors (Lipinski definition) is 5. The molecule has 0 bridgehead atoms. The van der Waals surface area contributed by atoms with Crippen molar-refractivity contribution in [3.05, 3.63) is 36.4 Å². The quantitative estimate of drug-likeness (QED) is 0.449. The fourth-order valence-electron chi connectivity index (χ4n) is 2.87. The molecule has 3 rings (SSSR count). The molecule has 0 aliphatic heterocycles. The van der Waals surface area contributed by atoms with Gasteiger partial charge in [-0.3, -0.25) is 9.59 Å². The standard InChI is InChI=1S/C17H15F4N3O3/c18-16(19)17(20,21)9-27-15(26)11-6-2-1-5-10(11)14(25)24-13-8-4-3-7-12(13)22-23-24/h1-4,7-8,10-11,16H,5-6,9H2. The van der Waals surface area contributed by atoms with E-state index in [1.165, 1.54) is 0 Å². The molecule has 144 valence electrons. The number of rotatable bonds is 5. The van der Waals surface area contributed by atoms with Gasteiger partial charge in [-0.2, -0.15) is 13.5 Å². The fraction of sp³-hybridized carbons (Fsp3) is 0.412. The molecular formula is C17H15F4N3O3. The number of esters is 1. The van der Waals surface area contributed by atoms with E-state index in [4.69, 9.17) is 0 Å². The van der Waals surface area contributed by atoms with Gasteiger partial charge in [0, 0.05) is 0 Å². The summed E-state index contributed by atoms with van der Waals surface area (Å²) in [7, 11) is 0. The van der Waals surface area contributed by atoms with E-state index >= 15 is 0 Å². The van der Waals surface area contributed by atoms with Crippen LogP contribution in [0, 0.1) is 11.8 Å². The predicted molar refractivity (Wildman–Crippen MR) is 85.4 cm³/mol. The second-order valence-electron chi connectivity index (χ2n) is 6.15. The zero-order valence-corrected chi connectivity index (χ0v) is 13.9. The monoisotopic (exact) mass is 385 g/mol. The van der Waals surface area contributed by atoms with Crippen LogP contribution in [0.4, 0.5) is 17.6 Å². The van der Waals surface area contributed by atoms with Gasteiger partial charge in [-0.05, 0) is 25.0 Å². The largest absolute Gasteiger partial charge is 0.459 e. The van der Waals surface area contributed by atoms with Crippen LogP contribution in [0.1, 0.15) is 17.6 Å². The van der Waals surface area contributed by atoms with E-state index in [2.05, 4.69) is 15.0 Å². The summed E-state index contributed by atoms with van der Waals surface area (Å²) in [6.45, 7) is -1.74. The number of para-hydroxylation sites is 1. The van der Waals surface area contributed by atoms with Crippen molar-refractivity contribution < 1.29 is 31.9 Å². The summed E-state index contributed by atoms with van der Waals surface area (Å²) in [6.07, 6.45) is -0.421. The maximum absolute atomic E-state index is 13.0. The molecule has 0 fully saturated rings. The van der Waals surface area contributed by atoms with Gasteiger partial charge in [0.1, 0.15) is 5.52 Å². The Morgan fingerprint density at radius 3 is 2.56 bits per heavy atom. The third-order valence-electron chi connectivity index (χ3n) is 4.34. The molecular weight excluding hydrogens is 370 g/mol. The first-order valence-corrected chi connectivity index (χ1v) is 8.13. The molecule has 0 radical (unpaired) electrons. The third kappa shape index (κ3) is 3.83. The van der Waals surface area contributed by atoms with Crippen LogP contribution >= 0.6 is 0 Å². The molecule has 0 saturated carbocycles. The van der Waals surface area contributed by atoms with Crippen molar-refractivity contribution in [1.82, 2.24) is 15.0 Å². The van der Waals surface area contributed by atoms with Crippen LogP contribution in [0.2, 0.25) is 0 Å². The van der Waals surface area contributed by atoms with Gasteiger partial charge in [0.2, 0.25) is 0 Å². The topological polar surface area (TPSA) is 74.1 Å². The molecule has 27 heavy (non-hydrogen) atoms. The Kier molecular flexibility index (Phi) is 5.24. The molecule has 1 aliphatic carbocycles. The summed E-state index contributed by atoms with van der Waals surface area (Å²) in [4.78, 5) is 25.0. The molecule has 1 aromatic heterocycles. The molecule has 2 aromatic rings. The lowest BCUT2D eigenvalue weighted by molar-refractivity contribution is -0.183. The molecule has 1 aromatic carbocycles. The maximum atomic E-state index is 13.0. The first-order valence-electron chi connectivity index (χ1n) is 8.13. The Hall–Kier alpha value is -2.78. The van der Waals surface area contributed by atoms with Gasteiger partial charge >= 0.3 is 18.3 Å². The molecule has 1 heterocycles. The highest BCUT2D eigenvalue weighted by Gasteiger charge is 2.44. The number of alkyl halides is 4. The van der Waals surface area contributed by atoms with Crippen molar-refractivity contribution >= 4 is 22.9 Å². The lowest BCUT2D eigenvalue weighted by atomic mass is 9.82. The van der Waals surface area contributed by atoms with E-state index in [0.29, 0.717) is 11.0 Å². The average Bonchev–Trinajstić information content (AvgIpc) is 3.09. The molecule has 0 spiro atoms. The Bertz CT molecular complexity index is 881. The predicted octanol–water partition coefficient (Wildman–Crippen LogP) is 3.10. The van der Waals surface area contributed by atoms with Gasteiger partial charge in [-0.15, -0.1) is 5.10 Å². The van der Waals surface area contributed by atoms with Crippen LogP contribution in [0.15, 0.2) is 36.4 Å². The van der Waals surface area contributed by atoms with E-state index in [1.54, 1.807) is 36.4 Å². The minimum atomic E-state index is -4.44. The van der Waals surface area contributed by atoms with E-state index in [9.17, 15) is 27.2 Å². The van der Waals surface area contributed by atoms with Crippen molar-refractivity contribution in [1.29, 1.82) is 0 Å². The smallest absolute Gasteiger partial charge is 0.340 e. The molecule has 0 N–H and O–H groups in total. The number of carbonyl (C=O) groups excluding carboxylic acids is 2. The summed E-state index contributed by atoms with van der Waals surface area (Å²) in [6, 6.07) is 6.69. The Labute approximate surface area is 150 Å². The first-order chi connectivity index (χ1) is 12.8. The van der Waals surface area contributed by atoms with Gasteiger partial charge in [-0.1, -0.05) is 29.5 Å². The van der Waals surface area contributed by atoms with E-state index in [1.807, 2.05) is 0 Å². The maximum Gasteiger partial charge on any atom is 0.340 e. The lowest BCUT2D eigenvalue weighted by Gasteiger charge is -2.26. The lowest BCUT2D eigenvalue weighted by Crippen LogP contribution is -2.39.